The van der Waals surface area contributed by atoms with Crippen LogP contribution in [-0.2, 0) is 0 Å². The third kappa shape index (κ3) is 6.79. The number of allylic oxidation sites excluding steroid dienone is 1. The summed E-state index contributed by atoms with van der Waals surface area (Å²) >= 11 is 0. The minimum Gasteiger partial charge on any atom is -0.396 e. The van der Waals surface area contributed by atoms with Gasteiger partial charge in [-0.25, -0.2) is 0 Å². The van der Waals surface area contributed by atoms with Crippen molar-refractivity contribution in [1.82, 2.24) is 0 Å². The van der Waals surface area contributed by atoms with Gasteiger partial charge in [0.2, 0.25) is 0 Å². The maximum atomic E-state index is 9.63. The van der Waals surface area contributed by atoms with Gasteiger partial charge in [0.15, 0.2) is 0 Å². The highest BCUT2D eigenvalue weighted by molar-refractivity contribution is 4.97. The SMILES string of the molecule is CCC(C)(O)/C=C/CC(C)CCO. The molecule has 0 aliphatic rings. The molecule has 0 spiro atoms. The molecule has 2 nitrogen and oxygen atoms in total. The van der Waals surface area contributed by atoms with Gasteiger partial charge in [-0.05, 0) is 32.1 Å². The zero-order valence-electron chi connectivity index (χ0n) is 8.95. The van der Waals surface area contributed by atoms with Gasteiger partial charge in [-0.1, -0.05) is 26.0 Å². The van der Waals surface area contributed by atoms with Crippen LogP contribution in [0.1, 0.15) is 40.0 Å². The molecule has 0 radical (unpaired) electrons. The smallest absolute Gasteiger partial charge is 0.0797 e. The molecule has 78 valence electrons. The molecule has 0 rings (SSSR count). The van der Waals surface area contributed by atoms with E-state index in [2.05, 4.69) is 6.92 Å². The van der Waals surface area contributed by atoms with Crippen LogP contribution in [-0.4, -0.2) is 22.4 Å². The van der Waals surface area contributed by atoms with Gasteiger partial charge in [-0.3, -0.25) is 0 Å². The molecule has 0 aliphatic carbocycles. The zero-order chi connectivity index (χ0) is 10.3. The van der Waals surface area contributed by atoms with Crippen LogP contribution < -0.4 is 0 Å². The number of hydrogen-bond donors (Lipinski definition) is 2. The number of aliphatic hydroxyl groups excluding tert-OH is 1. The Kier molecular flexibility index (Phi) is 6.00. The zero-order valence-corrected chi connectivity index (χ0v) is 8.95. The van der Waals surface area contributed by atoms with Crippen molar-refractivity contribution in [3.63, 3.8) is 0 Å². The highest BCUT2D eigenvalue weighted by Gasteiger charge is 2.11. The van der Waals surface area contributed by atoms with Crippen molar-refractivity contribution >= 4 is 0 Å². The van der Waals surface area contributed by atoms with E-state index < -0.39 is 5.60 Å². The van der Waals surface area contributed by atoms with E-state index in [4.69, 9.17) is 5.11 Å². The Morgan fingerprint density at radius 1 is 1.46 bits per heavy atom. The van der Waals surface area contributed by atoms with Crippen LogP contribution in [0, 0.1) is 5.92 Å². The second-order valence-corrected chi connectivity index (χ2v) is 3.97. The standard InChI is InChI=1S/C11H22O2/c1-4-11(3,13)8-5-6-10(2)7-9-12/h5,8,10,12-13H,4,6-7,9H2,1-3H3/b8-5+. The van der Waals surface area contributed by atoms with E-state index in [9.17, 15) is 5.11 Å². The average Bonchev–Trinajstić information content (AvgIpc) is 2.05. The molecule has 0 heterocycles. The third-order valence-corrected chi connectivity index (χ3v) is 2.35. The second kappa shape index (κ2) is 6.17. The van der Waals surface area contributed by atoms with E-state index in [0.717, 1.165) is 19.3 Å². The van der Waals surface area contributed by atoms with Crippen molar-refractivity contribution in [2.45, 2.75) is 45.6 Å². The largest absolute Gasteiger partial charge is 0.396 e. The second-order valence-electron chi connectivity index (χ2n) is 3.97. The summed E-state index contributed by atoms with van der Waals surface area (Å²) < 4.78 is 0. The lowest BCUT2D eigenvalue weighted by atomic mass is 9.99. The van der Waals surface area contributed by atoms with E-state index in [0.29, 0.717) is 5.92 Å². The molecule has 2 N–H and O–H groups in total. The molecule has 2 unspecified atom stereocenters. The van der Waals surface area contributed by atoms with Gasteiger partial charge in [0.1, 0.15) is 0 Å². The van der Waals surface area contributed by atoms with Crippen LogP contribution in [0.15, 0.2) is 12.2 Å². The molecule has 0 bridgehead atoms. The third-order valence-electron chi connectivity index (χ3n) is 2.35. The molecule has 0 aromatic heterocycles. The highest BCUT2D eigenvalue weighted by Crippen LogP contribution is 2.13. The van der Waals surface area contributed by atoms with Crippen molar-refractivity contribution in [2.75, 3.05) is 6.61 Å². The Hall–Kier alpha value is -0.340. The first kappa shape index (κ1) is 12.7. The van der Waals surface area contributed by atoms with Crippen LogP contribution in [0.2, 0.25) is 0 Å². The predicted octanol–water partition coefficient (Wildman–Crippen LogP) is 2.11. The van der Waals surface area contributed by atoms with Crippen LogP contribution in [0.5, 0.6) is 0 Å². The quantitative estimate of drug-likeness (QED) is 0.624. The van der Waals surface area contributed by atoms with Gasteiger partial charge in [-0.2, -0.15) is 0 Å². The van der Waals surface area contributed by atoms with Crippen molar-refractivity contribution in [3.05, 3.63) is 12.2 Å². The number of hydrogen-bond acceptors (Lipinski definition) is 2. The van der Waals surface area contributed by atoms with E-state index in [-0.39, 0.29) is 6.61 Å². The van der Waals surface area contributed by atoms with Gasteiger partial charge in [0, 0.05) is 6.61 Å². The predicted molar refractivity (Wildman–Crippen MR) is 55.5 cm³/mol. The summed E-state index contributed by atoms with van der Waals surface area (Å²) in [5.41, 5.74) is -0.668. The molecule has 0 saturated heterocycles. The van der Waals surface area contributed by atoms with E-state index in [1.165, 1.54) is 0 Å². The lowest BCUT2D eigenvalue weighted by Gasteiger charge is -2.16. The summed E-state index contributed by atoms with van der Waals surface area (Å²) in [4.78, 5) is 0. The summed E-state index contributed by atoms with van der Waals surface area (Å²) in [5, 5.41) is 18.3. The molecular formula is C11H22O2. The van der Waals surface area contributed by atoms with Crippen molar-refractivity contribution in [3.8, 4) is 0 Å². The van der Waals surface area contributed by atoms with Crippen molar-refractivity contribution < 1.29 is 10.2 Å². The molecule has 0 saturated carbocycles. The molecule has 0 amide bonds. The fourth-order valence-corrected chi connectivity index (χ4v) is 1.01. The monoisotopic (exact) mass is 186 g/mol. The van der Waals surface area contributed by atoms with Gasteiger partial charge in [0.25, 0.3) is 0 Å². The van der Waals surface area contributed by atoms with Gasteiger partial charge >= 0.3 is 0 Å². The first-order chi connectivity index (χ1) is 6.02. The van der Waals surface area contributed by atoms with E-state index in [1.54, 1.807) is 6.92 Å². The summed E-state index contributed by atoms with van der Waals surface area (Å²) in [6.07, 6.45) is 6.35. The Morgan fingerprint density at radius 3 is 2.54 bits per heavy atom. The molecule has 0 aromatic carbocycles. The first-order valence-corrected chi connectivity index (χ1v) is 5.02. The topological polar surface area (TPSA) is 40.5 Å². The fraction of sp³-hybridized carbons (Fsp3) is 0.818. The lowest BCUT2D eigenvalue weighted by molar-refractivity contribution is 0.107. The molecule has 2 heteroatoms. The normalized spacial score (nSPS) is 18.8. The minimum atomic E-state index is -0.668. The van der Waals surface area contributed by atoms with E-state index in [1.807, 2.05) is 19.1 Å². The lowest BCUT2D eigenvalue weighted by Crippen LogP contribution is -2.18. The van der Waals surface area contributed by atoms with Gasteiger partial charge in [0.05, 0.1) is 5.60 Å². The van der Waals surface area contributed by atoms with E-state index >= 15 is 0 Å². The molecule has 0 aliphatic heterocycles. The molecule has 0 fully saturated rings. The summed E-state index contributed by atoms with van der Waals surface area (Å²) in [7, 11) is 0. The van der Waals surface area contributed by atoms with Crippen LogP contribution >= 0.6 is 0 Å². The summed E-state index contributed by atoms with van der Waals surface area (Å²) in [6, 6.07) is 0. The molecule has 0 aromatic rings. The number of rotatable bonds is 6. The average molecular weight is 186 g/mol. The van der Waals surface area contributed by atoms with Crippen molar-refractivity contribution in [2.24, 2.45) is 5.92 Å². The fourth-order valence-electron chi connectivity index (χ4n) is 1.01. The van der Waals surface area contributed by atoms with Crippen LogP contribution in [0.4, 0.5) is 0 Å². The van der Waals surface area contributed by atoms with Crippen LogP contribution in [0.25, 0.3) is 0 Å². The molecular weight excluding hydrogens is 164 g/mol. The minimum absolute atomic E-state index is 0.249. The summed E-state index contributed by atoms with van der Waals surface area (Å²) in [6.45, 7) is 6.11. The highest BCUT2D eigenvalue weighted by atomic mass is 16.3. The van der Waals surface area contributed by atoms with Crippen LogP contribution in [0.3, 0.4) is 0 Å². The Morgan fingerprint density at radius 2 is 2.08 bits per heavy atom. The van der Waals surface area contributed by atoms with Crippen molar-refractivity contribution in [1.29, 1.82) is 0 Å². The Balaban J connectivity index is 3.73. The number of aliphatic hydroxyl groups is 2. The maximum Gasteiger partial charge on any atom is 0.0797 e. The van der Waals surface area contributed by atoms with Gasteiger partial charge < -0.3 is 10.2 Å². The maximum absolute atomic E-state index is 9.63. The molecule has 13 heavy (non-hydrogen) atoms. The first-order valence-electron chi connectivity index (χ1n) is 5.02. The summed E-state index contributed by atoms with van der Waals surface area (Å²) in [5.74, 6) is 0.494. The van der Waals surface area contributed by atoms with Gasteiger partial charge in [-0.15, -0.1) is 0 Å². The Bertz CT molecular complexity index is 150. The Labute approximate surface area is 81.3 Å². The molecule has 2 atom stereocenters.